The normalized spacial score (nSPS) is 15.2. The molecule has 3 heterocycles. The van der Waals surface area contributed by atoms with Gasteiger partial charge in [0, 0.05) is 40.3 Å². The van der Waals surface area contributed by atoms with Crippen LogP contribution in [0.2, 0.25) is 0 Å². The molecule has 0 saturated carbocycles. The number of amides is 1. The second kappa shape index (κ2) is 8.15. The molecule has 1 aromatic carbocycles. The van der Waals surface area contributed by atoms with Crippen molar-refractivity contribution < 1.29 is 22.0 Å². The Hall–Kier alpha value is -3.45. The average molecular weight is 479 g/mol. The summed E-state index contributed by atoms with van der Waals surface area (Å²) in [5.41, 5.74) is -1.12. The summed E-state index contributed by atoms with van der Waals surface area (Å²) < 4.78 is 56.4. The third-order valence-electron chi connectivity index (χ3n) is 5.56. The number of benzene rings is 1. The number of aromatic nitrogens is 3. The first-order chi connectivity index (χ1) is 15.5. The van der Waals surface area contributed by atoms with Crippen molar-refractivity contribution in [3.63, 3.8) is 0 Å². The van der Waals surface area contributed by atoms with Gasteiger partial charge >= 0.3 is 5.69 Å². The Morgan fingerprint density at radius 3 is 2.15 bits per heavy atom. The van der Waals surface area contributed by atoms with Gasteiger partial charge in [-0.3, -0.25) is 18.7 Å². The van der Waals surface area contributed by atoms with Crippen LogP contribution in [0.5, 0.6) is 0 Å². The summed E-state index contributed by atoms with van der Waals surface area (Å²) in [5.74, 6) is -2.91. The quantitative estimate of drug-likeness (QED) is 0.525. The number of hydrogen-bond acceptors (Lipinski definition) is 6. The lowest BCUT2D eigenvalue weighted by molar-refractivity contribution is 0.0692. The van der Waals surface area contributed by atoms with E-state index in [1.165, 1.54) is 31.1 Å². The molecular formula is C20H19F2N5O5S. The van der Waals surface area contributed by atoms with Gasteiger partial charge in [-0.05, 0) is 24.3 Å². The van der Waals surface area contributed by atoms with Crippen LogP contribution in [0.25, 0.3) is 11.0 Å². The summed E-state index contributed by atoms with van der Waals surface area (Å²) in [7, 11) is -1.67. The smallest absolute Gasteiger partial charge is 0.332 e. The number of carbonyl (C=O) groups is 1. The molecule has 4 rings (SSSR count). The van der Waals surface area contributed by atoms with Gasteiger partial charge in [-0.25, -0.2) is 27.0 Å². The van der Waals surface area contributed by atoms with Crippen LogP contribution in [-0.2, 0) is 24.1 Å². The maximum absolute atomic E-state index is 14.0. The van der Waals surface area contributed by atoms with Crippen molar-refractivity contribution >= 4 is 27.0 Å². The van der Waals surface area contributed by atoms with E-state index in [2.05, 4.69) is 4.98 Å². The summed E-state index contributed by atoms with van der Waals surface area (Å²) in [5, 5.41) is 0.166. The van der Waals surface area contributed by atoms with Crippen LogP contribution in [0.4, 0.5) is 8.78 Å². The Morgan fingerprint density at radius 1 is 0.939 bits per heavy atom. The molecule has 3 aromatic rings. The number of nitrogens with zero attached hydrogens (tertiary/aromatic N) is 5. The van der Waals surface area contributed by atoms with Crippen molar-refractivity contribution in [3.05, 3.63) is 68.5 Å². The van der Waals surface area contributed by atoms with Gasteiger partial charge in [0.05, 0.1) is 5.39 Å². The van der Waals surface area contributed by atoms with E-state index >= 15 is 0 Å². The van der Waals surface area contributed by atoms with Crippen LogP contribution in [0.15, 0.2) is 44.8 Å². The number of piperazine rings is 1. The van der Waals surface area contributed by atoms with Gasteiger partial charge in [0.2, 0.25) is 10.0 Å². The molecule has 174 valence electrons. The molecule has 1 aliphatic rings. The van der Waals surface area contributed by atoms with Crippen molar-refractivity contribution in [2.75, 3.05) is 26.2 Å². The third-order valence-corrected chi connectivity index (χ3v) is 7.51. The van der Waals surface area contributed by atoms with Gasteiger partial charge in [0.1, 0.15) is 23.0 Å². The molecule has 13 heteroatoms. The van der Waals surface area contributed by atoms with E-state index in [-0.39, 0.29) is 42.9 Å². The van der Waals surface area contributed by atoms with Gasteiger partial charge in [0.25, 0.3) is 11.5 Å². The standard InChI is InChI=1S/C20H19F2N5O5S/c1-24-17-12(18(28)25(2)20(24)30)6-7-15(23-17)19(29)26-8-10-27(11-9-26)33(31,32)16-13(21)4-3-5-14(16)22/h3-7H,8-11H2,1-2H3. The summed E-state index contributed by atoms with van der Waals surface area (Å²) in [6.07, 6.45) is 0. The van der Waals surface area contributed by atoms with Gasteiger partial charge in [0.15, 0.2) is 4.90 Å². The zero-order valence-electron chi connectivity index (χ0n) is 17.7. The van der Waals surface area contributed by atoms with Crippen LogP contribution >= 0.6 is 0 Å². The number of fused-ring (bicyclic) bond motifs is 1. The molecule has 0 spiro atoms. The molecule has 1 aliphatic heterocycles. The molecule has 0 N–H and O–H groups in total. The highest BCUT2D eigenvalue weighted by atomic mass is 32.2. The third kappa shape index (κ3) is 3.72. The van der Waals surface area contributed by atoms with E-state index in [1.807, 2.05) is 0 Å². The van der Waals surface area contributed by atoms with E-state index in [4.69, 9.17) is 0 Å². The lowest BCUT2D eigenvalue weighted by Gasteiger charge is -2.33. The topological polar surface area (TPSA) is 115 Å². The molecule has 10 nitrogen and oxygen atoms in total. The van der Waals surface area contributed by atoms with Crippen LogP contribution in [0.1, 0.15) is 10.5 Å². The Morgan fingerprint density at radius 2 is 1.55 bits per heavy atom. The highest BCUT2D eigenvalue weighted by Gasteiger charge is 2.34. The van der Waals surface area contributed by atoms with Crippen molar-refractivity contribution in [3.8, 4) is 0 Å². The number of aryl methyl sites for hydroxylation is 1. The summed E-state index contributed by atoms with van der Waals surface area (Å²) in [6.45, 7) is -0.421. The molecule has 1 fully saturated rings. The molecule has 1 amide bonds. The van der Waals surface area contributed by atoms with Crippen LogP contribution in [-0.4, -0.2) is 63.8 Å². The minimum absolute atomic E-state index is 0.0257. The summed E-state index contributed by atoms with van der Waals surface area (Å²) in [6, 6.07) is 5.55. The van der Waals surface area contributed by atoms with Gasteiger partial charge < -0.3 is 4.90 Å². The fourth-order valence-corrected chi connectivity index (χ4v) is 5.26. The average Bonchev–Trinajstić information content (AvgIpc) is 2.80. The van der Waals surface area contributed by atoms with Gasteiger partial charge in [-0.2, -0.15) is 4.31 Å². The molecular weight excluding hydrogens is 460 g/mol. The first-order valence-electron chi connectivity index (χ1n) is 9.84. The number of pyridine rings is 1. The zero-order chi connectivity index (χ0) is 24.1. The monoisotopic (exact) mass is 479 g/mol. The first kappa shape index (κ1) is 22.7. The Kier molecular flexibility index (Phi) is 5.62. The van der Waals surface area contributed by atoms with E-state index in [0.717, 1.165) is 31.6 Å². The Labute approximate surface area is 186 Å². The predicted octanol–water partition coefficient (Wildman–Crippen LogP) is 0.0571. The van der Waals surface area contributed by atoms with E-state index < -0.39 is 43.7 Å². The van der Waals surface area contributed by atoms with E-state index in [0.29, 0.717) is 0 Å². The molecule has 0 unspecified atom stereocenters. The number of rotatable bonds is 3. The van der Waals surface area contributed by atoms with Gasteiger partial charge in [-0.1, -0.05) is 6.07 Å². The van der Waals surface area contributed by atoms with Crippen molar-refractivity contribution in [2.45, 2.75) is 4.90 Å². The lowest BCUT2D eigenvalue weighted by Crippen LogP contribution is -2.50. The van der Waals surface area contributed by atoms with Crippen molar-refractivity contribution in [1.82, 2.24) is 23.3 Å². The van der Waals surface area contributed by atoms with Gasteiger partial charge in [-0.15, -0.1) is 0 Å². The summed E-state index contributed by atoms with van der Waals surface area (Å²) >= 11 is 0. The van der Waals surface area contributed by atoms with Crippen LogP contribution in [0, 0.1) is 11.6 Å². The number of carbonyl (C=O) groups excluding carboxylic acids is 1. The molecule has 33 heavy (non-hydrogen) atoms. The predicted molar refractivity (Wildman–Crippen MR) is 113 cm³/mol. The second-order valence-corrected chi connectivity index (χ2v) is 9.40. The molecule has 2 aromatic heterocycles. The number of halogens is 2. The van der Waals surface area contributed by atoms with Crippen molar-refractivity contribution in [1.29, 1.82) is 0 Å². The van der Waals surface area contributed by atoms with E-state index in [1.54, 1.807) is 0 Å². The molecule has 1 saturated heterocycles. The maximum Gasteiger partial charge on any atom is 0.332 e. The fourth-order valence-electron chi connectivity index (χ4n) is 3.72. The second-order valence-electron chi connectivity index (χ2n) is 7.52. The molecule has 0 atom stereocenters. The first-order valence-corrected chi connectivity index (χ1v) is 11.3. The zero-order valence-corrected chi connectivity index (χ0v) is 18.5. The molecule has 0 bridgehead atoms. The Bertz CT molecular complexity index is 1490. The minimum atomic E-state index is -4.43. The molecule has 0 aliphatic carbocycles. The fraction of sp³-hybridized carbons (Fsp3) is 0.300. The van der Waals surface area contributed by atoms with Crippen LogP contribution in [0.3, 0.4) is 0 Å². The number of hydrogen-bond donors (Lipinski definition) is 0. The highest BCUT2D eigenvalue weighted by molar-refractivity contribution is 7.89. The van der Waals surface area contributed by atoms with Crippen molar-refractivity contribution in [2.24, 2.45) is 14.1 Å². The summed E-state index contributed by atoms with van der Waals surface area (Å²) in [4.78, 5) is 41.9. The maximum atomic E-state index is 14.0. The largest absolute Gasteiger partial charge is 0.335 e. The van der Waals surface area contributed by atoms with E-state index in [9.17, 15) is 31.6 Å². The highest BCUT2D eigenvalue weighted by Crippen LogP contribution is 2.24. The van der Waals surface area contributed by atoms with Crippen LogP contribution < -0.4 is 11.2 Å². The number of sulfonamides is 1. The SMILES string of the molecule is Cn1c(=O)c2ccc(C(=O)N3CCN(S(=O)(=O)c4c(F)cccc4F)CC3)nc2n(C)c1=O. The minimum Gasteiger partial charge on any atom is -0.335 e. The Balaban J connectivity index is 1.57. The molecule has 0 radical (unpaired) electrons. The lowest BCUT2D eigenvalue weighted by atomic mass is 10.2.